The van der Waals surface area contributed by atoms with Gasteiger partial charge in [0, 0.05) is 18.1 Å². The third-order valence-electron chi connectivity index (χ3n) is 4.32. The lowest BCUT2D eigenvalue weighted by Gasteiger charge is -2.11. The van der Waals surface area contributed by atoms with E-state index in [1.165, 1.54) is 6.08 Å². The molecule has 0 radical (unpaired) electrons. The molecule has 2 rings (SSSR count). The van der Waals surface area contributed by atoms with Gasteiger partial charge in [-0.05, 0) is 54.5 Å². The minimum atomic E-state index is -0.501. The molecule has 0 N–H and O–H groups in total. The van der Waals surface area contributed by atoms with Gasteiger partial charge in [0.25, 0.3) is 0 Å². The third kappa shape index (κ3) is 7.11. The van der Waals surface area contributed by atoms with Crippen molar-refractivity contribution in [3.05, 3.63) is 59.7 Å². The summed E-state index contributed by atoms with van der Waals surface area (Å²) in [5, 5.41) is 0. The fraction of sp³-hybridized carbons (Fsp3) is 0.333. The first kappa shape index (κ1) is 22.2. The SMILES string of the molecule is CCCCCOc1ccc(/C=C/C(=O)Oc2ccc(C(=O)CC)cc2)cc1OC. The molecule has 5 nitrogen and oxygen atoms in total. The first-order valence-electron chi connectivity index (χ1n) is 9.91. The highest BCUT2D eigenvalue weighted by Gasteiger charge is 2.07. The van der Waals surface area contributed by atoms with Crippen molar-refractivity contribution in [2.45, 2.75) is 39.5 Å². The molecule has 0 aliphatic carbocycles. The van der Waals surface area contributed by atoms with Crippen molar-refractivity contribution in [1.29, 1.82) is 0 Å². The van der Waals surface area contributed by atoms with Crippen LogP contribution in [0.4, 0.5) is 0 Å². The van der Waals surface area contributed by atoms with Crippen LogP contribution in [-0.2, 0) is 4.79 Å². The molecule has 0 atom stereocenters. The number of ether oxygens (including phenoxy) is 3. The summed E-state index contributed by atoms with van der Waals surface area (Å²) in [7, 11) is 1.59. The average Bonchev–Trinajstić information content (AvgIpc) is 2.75. The van der Waals surface area contributed by atoms with Crippen LogP contribution in [-0.4, -0.2) is 25.5 Å². The van der Waals surface area contributed by atoms with Gasteiger partial charge in [-0.2, -0.15) is 0 Å². The number of Topliss-reactive ketones (excluding diaryl/α,β-unsaturated/α-hetero) is 1. The first-order valence-corrected chi connectivity index (χ1v) is 9.91. The van der Waals surface area contributed by atoms with Gasteiger partial charge in [-0.3, -0.25) is 4.79 Å². The van der Waals surface area contributed by atoms with Crippen molar-refractivity contribution in [3.8, 4) is 17.2 Å². The quantitative estimate of drug-likeness (QED) is 0.166. The zero-order valence-electron chi connectivity index (χ0n) is 17.3. The number of ketones is 1. The molecule has 29 heavy (non-hydrogen) atoms. The van der Waals surface area contributed by atoms with Crippen LogP contribution in [0.1, 0.15) is 55.5 Å². The summed E-state index contributed by atoms with van der Waals surface area (Å²) in [4.78, 5) is 23.7. The fourth-order valence-electron chi connectivity index (χ4n) is 2.67. The van der Waals surface area contributed by atoms with E-state index in [9.17, 15) is 9.59 Å². The predicted molar refractivity (Wildman–Crippen MR) is 114 cm³/mol. The lowest BCUT2D eigenvalue weighted by atomic mass is 10.1. The van der Waals surface area contributed by atoms with Crippen molar-refractivity contribution in [2.75, 3.05) is 13.7 Å². The van der Waals surface area contributed by atoms with Gasteiger partial charge in [-0.15, -0.1) is 0 Å². The molecule has 5 heteroatoms. The normalized spacial score (nSPS) is 10.7. The Bertz CT molecular complexity index is 837. The lowest BCUT2D eigenvalue weighted by molar-refractivity contribution is -0.128. The number of hydrogen-bond acceptors (Lipinski definition) is 5. The summed E-state index contributed by atoms with van der Waals surface area (Å²) in [5.74, 6) is 1.24. The zero-order valence-corrected chi connectivity index (χ0v) is 17.3. The highest BCUT2D eigenvalue weighted by molar-refractivity contribution is 5.96. The Balaban J connectivity index is 1.95. The molecule has 0 fully saturated rings. The molecule has 0 aliphatic rings. The molecule has 0 saturated heterocycles. The maximum Gasteiger partial charge on any atom is 0.336 e. The Kier molecular flexibility index (Phi) is 8.96. The number of methoxy groups -OCH3 is 1. The first-order chi connectivity index (χ1) is 14.1. The van der Waals surface area contributed by atoms with Crippen LogP contribution in [0.5, 0.6) is 17.2 Å². The minimum Gasteiger partial charge on any atom is -0.493 e. The Labute approximate surface area is 172 Å². The molecule has 0 heterocycles. The molecule has 0 aromatic heterocycles. The lowest BCUT2D eigenvalue weighted by Crippen LogP contribution is -2.04. The minimum absolute atomic E-state index is 0.0505. The van der Waals surface area contributed by atoms with Crippen molar-refractivity contribution in [1.82, 2.24) is 0 Å². The molecule has 0 aliphatic heterocycles. The summed E-state index contributed by atoms with van der Waals surface area (Å²) < 4.78 is 16.4. The summed E-state index contributed by atoms with van der Waals surface area (Å²) in [6, 6.07) is 12.0. The summed E-state index contributed by atoms with van der Waals surface area (Å²) in [6.07, 6.45) is 6.71. The number of carbonyl (C=O) groups is 2. The van der Waals surface area contributed by atoms with E-state index in [-0.39, 0.29) is 5.78 Å². The largest absolute Gasteiger partial charge is 0.493 e. The monoisotopic (exact) mass is 396 g/mol. The summed E-state index contributed by atoms with van der Waals surface area (Å²) >= 11 is 0. The second-order valence-electron chi connectivity index (χ2n) is 6.52. The van der Waals surface area contributed by atoms with Gasteiger partial charge in [0.1, 0.15) is 5.75 Å². The maximum absolute atomic E-state index is 12.1. The van der Waals surface area contributed by atoms with E-state index in [0.29, 0.717) is 35.8 Å². The van der Waals surface area contributed by atoms with Crippen LogP contribution in [0.2, 0.25) is 0 Å². The topological polar surface area (TPSA) is 61.8 Å². The molecule has 2 aromatic carbocycles. The smallest absolute Gasteiger partial charge is 0.336 e. The van der Waals surface area contributed by atoms with E-state index in [1.807, 2.05) is 18.2 Å². The van der Waals surface area contributed by atoms with Crippen LogP contribution in [0, 0.1) is 0 Å². The Morgan fingerprint density at radius 1 is 0.966 bits per heavy atom. The fourth-order valence-corrected chi connectivity index (χ4v) is 2.67. The molecular weight excluding hydrogens is 368 g/mol. The van der Waals surface area contributed by atoms with Crippen molar-refractivity contribution < 1.29 is 23.8 Å². The van der Waals surface area contributed by atoms with Gasteiger partial charge in [-0.25, -0.2) is 4.79 Å². The number of rotatable bonds is 11. The number of unbranched alkanes of at least 4 members (excludes halogenated alkanes) is 2. The van der Waals surface area contributed by atoms with Gasteiger partial charge >= 0.3 is 5.97 Å². The average molecular weight is 396 g/mol. The zero-order chi connectivity index (χ0) is 21.1. The second kappa shape index (κ2) is 11.7. The summed E-state index contributed by atoms with van der Waals surface area (Å²) in [6.45, 7) is 4.60. The number of carbonyl (C=O) groups excluding carboxylic acids is 2. The van der Waals surface area contributed by atoms with E-state index in [0.717, 1.165) is 24.8 Å². The molecular formula is C24H28O5. The molecule has 0 unspecified atom stereocenters. The van der Waals surface area contributed by atoms with Crippen LogP contribution < -0.4 is 14.2 Å². The van der Waals surface area contributed by atoms with Crippen LogP contribution in [0.3, 0.4) is 0 Å². The molecule has 154 valence electrons. The molecule has 0 bridgehead atoms. The Morgan fingerprint density at radius 2 is 1.72 bits per heavy atom. The predicted octanol–water partition coefficient (Wildman–Crippen LogP) is 5.48. The molecule has 0 spiro atoms. The van der Waals surface area contributed by atoms with Gasteiger partial charge in [0.15, 0.2) is 17.3 Å². The van der Waals surface area contributed by atoms with E-state index in [2.05, 4.69) is 6.92 Å². The van der Waals surface area contributed by atoms with E-state index < -0.39 is 5.97 Å². The highest BCUT2D eigenvalue weighted by Crippen LogP contribution is 2.28. The number of esters is 1. The number of hydrogen-bond donors (Lipinski definition) is 0. The standard InChI is InChI=1S/C24H28O5/c1-4-6-7-16-28-22-14-8-18(17-23(22)27-3)9-15-24(26)29-20-12-10-19(11-13-20)21(25)5-2/h8-15,17H,4-7,16H2,1-3H3/b15-9+. The second-order valence-corrected chi connectivity index (χ2v) is 6.52. The van der Waals surface area contributed by atoms with E-state index in [1.54, 1.807) is 44.4 Å². The van der Waals surface area contributed by atoms with Gasteiger partial charge < -0.3 is 14.2 Å². The van der Waals surface area contributed by atoms with Crippen molar-refractivity contribution in [3.63, 3.8) is 0 Å². The highest BCUT2D eigenvalue weighted by atomic mass is 16.5. The number of benzene rings is 2. The van der Waals surface area contributed by atoms with E-state index >= 15 is 0 Å². The van der Waals surface area contributed by atoms with Crippen LogP contribution in [0.15, 0.2) is 48.5 Å². The van der Waals surface area contributed by atoms with Gasteiger partial charge in [-0.1, -0.05) is 32.8 Å². The molecule has 2 aromatic rings. The Morgan fingerprint density at radius 3 is 2.38 bits per heavy atom. The molecule has 0 amide bonds. The van der Waals surface area contributed by atoms with Crippen LogP contribution >= 0.6 is 0 Å². The van der Waals surface area contributed by atoms with Crippen molar-refractivity contribution in [2.24, 2.45) is 0 Å². The molecule has 0 saturated carbocycles. The van der Waals surface area contributed by atoms with Gasteiger partial charge in [0.05, 0.1) is 13.7 Å². The summed E-state index contributed by atoms with van der Waals surface area (Å²) in [5.41, 5.74) is 1.40. The third-order valence-corrected chi connectivity index (χ3v) is 4.32. The maximum atomic E-state index is 12.1. The van der Waals surface area contributed by atoms with E-state index in [4.69, 9.17) is 14.2 Å². The van der Waals surface area contributed by atoms with Crippen molar-refractivity contribution >= 4 is 17.8 Å². The van der Waals surface area contributed by atoms with Crippen LogP contribution in [0.25, 0.3) is 6.08 Å². The Hall–Kier alpha value is -3.08. The van der Waals surface area contributed by atoms with Gasteiger partial charge in [0.2, 0.25) is 0 Å².